The SMILES string of the molecule is Cc1nn(CCC(=O)N2CCc3nc(C4CCCN4)ncc3C2)c(C)c1C. The van der Waals surface area contributed by atoms with Gasteiger partial charge < -0.3 is 10.2 Å². The predicted octanol–water partition coefficient (Wildman–Crippen LogP) is 2.00. The first-order valence-corrected chi connectivity index (χ1v) is 9.89. The van der Waals surface area contributed by atoms with E-state index in [-0.39, 0.29) is 5.91 Å². The van der Waals surface area contributed by atoms with Crippen LogP contribution in [-0.2, 0) is 24.3 Å². The Bertz CT molecular complexity index is 852. The highest BCUT2D eigenvalue weighted by atomic mass is 16.2. The Kier molecular flexibility index (Phi) is 4.95. The summed E-state index contributed by atoms with van der Waals surface area (Å²) in [6, 6.07) is 0.291. The quantitative estimate of drug-likeness (QED) is 0.893. The molecular weight excluding hydrogens is 340 g/mol. The lowest BCUT2D eigenvalue weighted by Crippen LogP contribution is -2.37. The molecule has 0 spiro atoms. The van der Waals surface area contributed by atoms with Gasteiger partial charge in [-0.05, 0) is 45.7 Å². The van der Waals surface area contributed by atoms with E-state index in [1.807, 2.05) is 22.7 Å². The maximum atomic E-state index is 12.7. The zero-order valence-corrected chi connectivity index (χ0v) is 16.5. The molecule has 1 unspecified atom stereocenters. The van der Waals surface area contributed by atoms with Crippen molar-refractivity contribution < 1.29 is 4.79 Å². The molecule has 2 aromatic heterocycles. The van der Waals surface area contributed by atoms with E-state index in [0.29, 0.717) is 25.6 Å². The molecule has 7 heteroatoms. The zero-order valence-electron chi connectivity index (χ0n) is 16.5. The predicted molar refractivity (Wildman–Crippen MR) is 102 cm³/mol. The molecule has 1 atom stereocenters. The van der Waals surface area contributed by atoms with Crippen LogP contribution in [0.25, 0.3) is 0 Å². The standard InChI is InChI=1S/C20H28N6O/c1-13-14(2)24-26(15(13)3)10-7-19(27)25-9-6-17-16(12-25)11-22-20(23-17)18-5-4-8-21-18/h11,18,21H,4-10,12H2,1-3H3. The molecule has 1 amide bonds. The summed E-state index contributed by atoms with van der Waals surface area (Å²) in [6.07, 6.45) is 5.49. The molecule has 144 valence electrons. The average molecular weight is 368 g/mol. The molecule has 1 N–H and O–H groups in total. The molecule has 0 saturated carbocycles. The van der Waals surface area contributed by atoms with E-state index in [1.165, 1.54) is 12.0 Å². The van der Waals surface area contributed by atoms with Crippen molar-refractivity contribution in [3.05, 3.63) is 40.2 Å². The third kappa shape index (κ3) is 3.60. The number of aryl methyl sites for hydroxylation is 2. The van der Waals surface area contributed by atoms with Gasteiger partial charge in [-0.15, -0.1) is 0 Å². The molecule has 2 aliphatic heterocycles. The van der Waals surface area contributed by atoms with Gasteiger partial charge in [0, 0.05) is 49.9 Å². The molecule has 4 heterocycles. The first-order valence-electron chi connectivity index (χ1n) is 9.89. The molecule has 4 rings (SSSR count). The number of nitrogens with one attached hydrogen (secondary N) is 1. The van der Waals surface area contributed by atoms with Crippen LogP contribution in [0.2, 0.25) is 0 Å². The number of hydrogen-bond acceptors (Lipinski definition) is 5. The van der Waals surface area contributed by atoms with Gasteiger partial charge >= 0.3 is 0 Å². The van der Waals surface area contributed by atoms with Crippen molar-refractivity contribution >= 4 is 5.91 Å². The topological polar surface area (TPSA) is 75.9 Å². The monoisotopic (exact) mass is 368 g/mol. The first kappa shape index (κ1) is 18.1. The normalized spacial score (nSPS) is 19.4. The van der Waals surface area contributed by atoms with Crippen molar-refractivity contribution in [1.82, 2.24) is 30.0 Å². The van der Waals surface area contributed by atoms with Gasteiger partial charge in [-0.25, -0.2) is 9.97 Å². The van der Waals surface area contributed by atoms with Gasteiger partial charge in [0.15, 0.2) is 0 Å². The van der Waals surface area contributed by atoms with E-state index in [1.54, 1.807) is 0 Å². The molecular formula is C20H28N6O. The van der Waals surface area contributed by atoms with Crippen LogP contribution in [0.5, 0.6) is 0 Å². The van der Waals surface area contributed by atoms with Crippen LogP contribution in [0.3, 0.4) is 0 Å². The van der Waals surface area contributed by atoms with Crippen molar-refractivity contribution in [2.45, 2.75) is 65.6 Å². The molecule has 0 radical (unpaired) electrons. The largest absolute Gasteiger partial charge is 0.338 e. The van der Waals surface area contributed by atoms with E-state index in [9.17, 15) is 4.79 Å². The van der Waals surface area contributed by atoms with Crippen molar-refractivity contribution in [3.8, 4) is 0 Å². The maximum Gasteiger partial charge on any atom is 0.224 e. The number of fused-ring (bicyclic) bond motifs is 1. The summed E-state index contributed by atoms with van der Waals surface area (Å²) in [4.78, 5) is 24.0. The summed E-state index contributed by atoms with van der Waals surface area (Å²) in [5.41, 5.74) is 5.58. The number of amides is 1. The molecule has 0 bridgehead atoms. The second kappa shape index (κ2) is 7.38. The van der Waals surface area contributed by atoms with Crippen LogP contribution in [0.4, 0.5) is 0 Å². The number of aromatic nitrogens is 4. The van der Waals surface area contributed by atoms with E-state index in [2.05, 4.69) is 29.2 Å². The van der Waals surface area contributed by atoms with E-state index in [4.69, 9.17) is 4.98 Å². The zero-order chi connectivity index (χ0) is 19.0. The highest BCUT2D eigenvalue weighted by molar-refractivity contribution is 5.76. The van der Waals surface area contributed by atoms with Crippen LogP contribution in [0.15, 0.2) is 6.20 Å². The number of nitrogens with zero attached hydrogens (tertiary/aromatic N) is 5. The lowest BCUT2D eigenvalue weighted by atomic mass is 10.1. The molecule has 1 fully saturated rings. The van der Waals surface area contributed by atoms with Crippen molar-refractivity contribution in [2.24, 2.45) is 0 Å². The molecule has 7 nitrogen and oxygen atoms in total. The number of rotatable bonds is 4. The van der Waals surface area contributed by atoms with Gasteiger partial charge in [-0.3, -0.25) is 9.48 Å². The number of hydrogen-bond donors (Lipinski definition) is 1. The summed E-state index contributed by atoms with van der Waals surface area (Å²) in [7, 11) is 0. The third-order valence-electron chi connectivity index (χ3n) is 5.96. The minimum Gasteiger partial charge on any atom is -0.338 e. The maximum absolute atomic E-state index is 12.7. The molecule has 0 aliphatic carbocycles. The summed E-state index contributed by atoms with van der Waals surface area (Å²) in [6.45, 7) is 9.17. The fraction of sp³-hybridized carbons (Fsp3) is 0.600. The Balaban J connectivity index is 1.38. The van der Waals surface area contributed by atoms with E-state index < -0.39 is 0 Å². The fourth-order valence-electron chi connectivity index (χ4n) is 3.98. The van der Waals surface area contributed by atoms with Gasteiger partial charge in [0.1, 0.15) is 5.82 Å². The Morgan fingerprint density at radius 3 is 2.89 bits per heavy atom. The van der Waals surface area contributed by atoms with Crippen LogP contribution >= 0.6 is 0 Å². The van der Waals surface area contributed by atoms with Gasteiger partial charge in [-0.1, -0.05) is 0 Å². The molecule has 0 aromatic carbocycles. The Morgan fingerprint density at radius 2 is 2.19 bits per heavy atom. The summed E-state index contributed by atoms with van der Waals surface area (Å²) in [5, 5.41) is 7.98. The number of carbonyl (C=O) groups is 1. The van der Waals surface area contributed by atoms with E-state index >= 15 is 0 Å². The highest BCUT2D eigenvalue weighted by Gasteiger charge is 2.25. The second-order valence-corrected chi connectivity index (χ2v) is 7.68. The highest BCUT2D eigenvalue weighted by Crippen LogP contribution is 2.23. The summed E-state index contributed by atoms with van der Waals surface area (Å²) >= 11 is 0. The first-order chi connectivity index (χ1) is 13.0. The van der Waals surface area contributed by atoms with Crippen LogP contribution in [0.1, 0.15) is 59.3 Å². The smallest absolute Gasteiger partial charge is 0.224 e. The third-order valence-corrected chi connectivity index (χ3v) is 5.96. The lowest BCUT2D eigenvalue weighted by Gasteiger charge is -2.28. The van der Waals surface area contributed by atoms with Gasteiger partial charge in [0.05, 0.1) is 17.4 Å². The number of carbonyl (C=O) groups excluding carboxylic acids is 1. The van der Waals surface area contributed by atoms with E-state index in [0.717, 1.165) is 54.4 Å². The Morgan fingerprint density at radius 1 is 1.33 bits per heavy atom. The molecule has 2 aliphatic rings. The van der Waals surface area contributed by atoms with Crippen LogP contribution in [0, 0.1) is 20.8 Å². The Hall–Kier alpha value is -2.28. The van der Waals surface area contributed by atoms with Crippen LogP contribution < -0.4 is 5.32 Å². The van der Waals surface area contributed by atoms with Crippen LogP contribution in [-0.4, -0.2) is 43.6 Å². The Labute approximate surface area is 160 Å². The van der Waals surface area contributed by atoms with Gasteiger partial charge in [0.2, 0.25) is 5.91 Å². The molecule has 1 saturated heterocycles. The van der Waals surface area contributed by atoms with Crippen molar-refractivity contribution in [3.63, 3.8) is 0 Å². The minimum atomic E-state index is 0.174. The van der Waals surface area contributed by atoms with Crippen molar-refractivity contribution in [1.29, 1.82) is 0 Å². The van der Waals surface area contributed by atoms with Gasteiger partial charge in [-0.2, -0.15) is 5.10 Å². The van der Waals surface area contributed by atoms with Gasteiger partial charge in [0.25, 0.3) is 0 Å². The molecule has 27 heavy (non-hydrogen) atoms. The lowest BCUT2D eigenvalue weighted by molar-refractivity contribution is -0.132. The summed E-state index contributed by atoms with van der Waals surface area (Å²) < 4.78 is 1.95. The summed E-state index contributed by atoms with van der Waals surface area (Å²) in [5.74, 6) is 1.08. The average Bonchev–Trinajstić information content (AvgIpc) is 3.30. The van der Waals surface area contributed by atoms with Crippen molar-refractivity contribution in [2.75, 3.05) is 13.1 Å². The second-order valence-electron chi connectivity index (χ2n) is 7.68. The minimum absolute atomic E-state index is 0.174. The molecule has 2 aromatic rings. The fourth-order valence-corrected chi connectivity index (χ4v) is 3.98.